The second-order valence-electron chi connectivity index (χ2n) is 6.51. The van der Waals surface area contributed by atoms with Gasteiger partial charge in [-0.1, -0.05) is 29.8 Å². The van der Waals surface area contributed by atoms with E-state index in [0.717, 1.165) is 23.4 Å². The van der Waals surface area contributed by atoms with Crippen molar-refractivity contribution in [1.29, 1.82) is 0 Å². The number of morpholine rings is 1. The summed E-state index contributed by atoms with van der Waals surface area (Å²) in [5, 5.41) is 7.28. The summed E-state index contributed by atoms with van der Waals surface area (Å²) in [4.78, 5) is 14.8. The molecule has 1 atom stereocenters. The van der Waals surface area contributed by atoms with Crippen LogP contribution in [0.25, 0.3) is 0 Å². The maximum Gasteiger partial charge on any atom is 0.223 e. The first-order valence-electron chi connectivity index (χ1n) is 8.50. The fourth-order valence-electron chi connectivity index (χ4n) is 3.45. The van der Waals surface area contributed by atoms with Crippen molar-refractivity contribution in [2.75, 3.05) is 19.8 Å². The summed E-state index contributed by atoms with van der Waals surface area (Å²) in [6.07, 6.45) is 1.30. The van der Waals surface area contributed by atoms with Gasteiger partial charge in [0.2, 0.25) is 5.91 Å². The first-order chi connectivity index (χ1) is 11.6. The molecule has 2 aromatic rings. The van der Waals surface area contributed by atoms with Crippen LogP contribution in [-0.4, -0.2) is 40.8 Å². The average Bonchev–Trinajstić information content (AvgIpc) is 2.91. The molecule has 1 amide bonds. The number of H-pyrrole nitrogens is 1. The third kappa shape index (κ3) is 3.51. The summed E-state index contributed by atoms with van der Waals surface area (Å²) in [7, 11) is 0. The van der Waals surface area contributed by atoms with E-state index in [-0.39, 0.29) is 11.9 Å². The largest absolute Gasteiger partial charge is 0.377 e. The number of aryl methyl sites for hydroxylation is 4. The number of nitrogens with zero attached hydrogens (tertiary/aromatic N) is 2. The smallest absolute Gasteiger partial charge is 0.223 e. The first-order valence-corrected chi connectivity index (χ1v) is 8.50. The molecule has 5 heteroatoms. The highest BCUT2D eigenvalue weighted by atomic mass is 16.5. The molecule has 128 valence electrons. The summed E-state index contributed by atoms with van der Waals surface area (Å²) in [6.45, 7) is 7.83. The zero-order valence-corrected chi connectivity index (χ0v) is 14.6. The number of carbonyl (C=O) groups is 1. The van der Waals surface area contributed by atoms with Gasteiger partial charge in [0, 0.05) is 24.2 Å². The van der Waals surface area contributed by atoms with Gasteiger partial charge in [-0.3, -0.25) is 9.89 Å². The van der Waals surface area contributed by atoms with E-state index in [0.29, 0.717) is 26.2 Å². The number of benzene rings is 1. The van der Waals surface area contributed by atoms with E-state index in [9.17, 15) is 4.79 Å². The van der Waals surface area contributed by atoms with Crippen LogP contribution in [0.15, 0.2) is 24.3 Å². The highest BCUT2D eigenvalue weighted by molar-refractivity contribution is 5.77. The van der Waals surface area contributed by atoms with Crippen LogP contribution < -0.4 is 0 Å². The molecule has 1 N–H and O–H groups in total. The summed E-state index contributed by atoms with van der Waals surface area (Å²) >= 11 is 0. The zero-order valence-electron chi connectivity index (χ0n) is 14.6. The molecule has 0 saturated carbocycles. The molecule has 5 nitrogen and oxygen atoms in total. The van der Waals surface area contributed by atoms with E-state index in [4.69, 9.17) is 4.74 Å². The molecule has 0 bridgehead atoms. The minimum absolute atomic E-state index is 0.0393. The Bertz CT molecular complexity index is 704. The molecule has 1 aliphatic heterocycles. The highest BCUT2D eigenvalue weighted by Gasteiger charge is 2.31. The van der Waals surface area contributed by atoms with E-state index < -0.39 is 0 Å². The van der Waals surface area contributed by atoms with Gasteiger partial charge < -0.3 is 9.64 Å². The maximum absolute atomic E-state index is 12.8. The van der Waals surface area contributed by atoms with Crippen LogP contribution in [-0.2, 0) is 16.0 Å². The molecule has 2 heterocycles. The highest BCUT2D eigenvalue weighted by Crippen LogP contribution is 2.29. The lowest BCUT2D eigenvalue weighted by atomic mass is 10.0. The van der Waals surface area contributed by atoms with Crippen molar-refractivity contribution in [3.63, 3.8) is 0 Å². The predicted octanol–water partition coefficient (Wildman–Crippen LogP) is 2.87. The van der Waals surface area contributed by atoms with Crippen LogP contribution in [0.1, 0.15) is 40.5 Å². The molecule has 0 spiro atoms. The lowest BCUT2D eigenvalue weighted by Crippen LogP contribution is -2.43. The maximum atomic E-state index is 12.8. The van der Waals surface area contributed by atoms with Crippen LogP contribution in [0.4, 0.5) is 0 Å². The molecule has 0 aliphatic carbocycles. The average molecular weight is 327 g/mol. The van der Waals surface area contributed by atoms with Crippen LogP contribution in [0, 0.1) is 20.8 Å². The van der Waals surface area contributed by atoms with Gasteiger partial charge in [0.25, 0.3) is 0 Å². The number of hydrogen-bond acceptors (Lipinski definition) is 3. The molecular formula is C19H25N3O2. The van der Waals surface area contributed by atoms with Gasteiger partial charge in [-0.05, 0) is 32.8 Å². The van der Waals surface area contributed by atoms with Crippen molar-refractivity contribution in [3.8, 4) is 0 Å². The molecule has 0 radical (unpaired) electrons. The van der Waals surface area contributed by atoms with Gasteiger partial charge in [0.1, 0.15) is 0 Å². The second-order valence-corrected chi connectivity index (χ2v) is 6.51. The Morgan fingerprint density at radius 1 is 1.38 bits per heavy atom. The van der Waals surface area contributed by atoms with Gasteiger partial charge in [0.15, 0.2) is 0 Å². The Kier molecular flexibility index (Phi) is 5.00. The number of aromatic amines is 1. The quantitative estimate of drug-likeness (QED) is 0.939. The second kappa shape index (κ2) is 7.18. The number of carbonyl (C=O) groups excluding carboxylic acids is 1. The number of amides is 1. The molecule has 1 saturated heterocycles. The van der Waals surface area contributed by atoms with Crippen molar-refractivity contribution in [2.45, 2.75) is 39.7 Å². The van der Waals surface area contributed by atoms with Crippen molar-refractivity contribution in [2.24, 2.45) is 0 Å². The van der Waals surface area contributed by atoms with Crippen LogP contribution in [0.5, 0.6) is 0 Å². The number of ether oxygens (including phenoxy) is 1. The zero-order chi connectivity index (χ0) is 17.1. The number of aromatic nitrogens is 2. The molecule has 1 aromatic heterocycles. The van der Waals surface area contributed by atoms with Gasteiger partial charge >= 0.3 is 0 Å². The normalized spacial score (nSPS) is 18.0. The van der Waals surface area contributed by atoms with Gasteiger partial charge in [-0.15, -0.1) is 0 Å². The minimum Gasteiger partial charge on any atom is -0.377 e. The van der Waals surface area contributed by atoms with E-state index in [1.165, 1.54) is 11.1 Å². The summed E-state index contributed by atoms with van der Waals surface area (Å²) in [6, 6.07) is 8.32. The van der Waals surface area contributed by atoms with E-state index in [1.54, 1.807) is 0 Å². The molecule has 1 aliphatic rings. The Labute approximate surface area is 143 Å². The van der Waals surface area contributed by atoms with E-state index >= 15 is 0 Å². The lowest BCUT2D eigenvalue weighted by molar-refractivity contribution is -0.140. The van der Waals surface area contributed by atoms with Crippen molar-refractivity contribution in [3.05, 3.63) is 52.3 Å². The van der Waals surface area contributed by atoms with Crippen molar-refractivity contribution < 1.29 is 9.53 Å². The van der Waals surface area contributed by atoms with Crippen LogP contribution >= 0.6 is 0 Å². The molecule has 24 heavy (non-hydrogen) atoms. The van der Waals surface area contributed by atoms with Crippen molar-refractivity contribution in [1.82, 2.24) is 15.1 Å². The third-order valence-electron chi connectivity index (χ3n) is 4.68. The van der Waals surface area contributed by atoms with E-state index in [1.807, 2.05) is 24.8 Å². The van der Waals surface area contributed by atoms with Crippen LogP contribution in [0.3, 0.4) is 0 Å². The summed E-state index contributed by atoms with van der Waals surface area (Å²) in [5.74, 6) is 0.185. The fourth-order valence-corrected chi connectivity index (χ4v) is 3.45. The standard InChI is InChI=1S/C19H25N3O2/c1-13-5-4-6-16(11-13)7-8-18(23)22-9-10-24-12-17(22)19-14(2)20-21-15(19)3/h4-6,11,17H,7-10,12H2,1-3H3,(H,20,21)/t17-/m0/s1. The minimum atomic E-state index is -0.0393. The molecule has 3 rings (SSSR count). The summed E-state index contributed by atoms with van der Waals surface area (Å²) < 4.78 is 5.64. The lowest BCUT2D eigenvalue weighted by Gasteiger charge is -2.36. The summed E-state index contributed by atoms with van der Waals surface area (Å²) in [5.41, 5.74) is 5.50. The van der Waals surface area contributed by atoms with Gasteiger partial charge in [-0.25, -0.2) is 0 Å². The molecule has 1 fully saturated rings. The van der Waals surface area contributed by atoms with E-state index in [2.05, 4.69) is 35.3 Å². The third-order valence-corrected chi connectivity index (χ3v) is 4.68. The Morgan fingerprint density at radius 3 is 2.92 bits per heavy atom. The molecule has 1 aromatic carbocycles. The SMILES string of the molecule is Cc1cccc(CCC(=O)N2CCOC[C@H]2c2c(C)n[nH]c2C)c1. The Morgan fingerprint density at radius 2 is 2.21 bits per heavy atom. The number of nitrogens with one attached hydrogen (secondary N) is 1. The monoisotopic (exact) mass is 327 g/mol. The Hall–Kier alpha value is -2.14. The first kappa shape index (κ1) is 16.7. The van der Waals surface area contributed by atoms with Gasteiger partial charge in [-0.2, -0.15) is 5.10 Å². The molecular weight excluding hydrogens is 302 g/mol. The molecule has 0 unspecified atom stereocenters. The van der Waals surface area contributed by atoms with Crippen molar-refractivity contribution >= 4 is 5.91 Å². The number of rotatable bonds is 4. The Balaban J connectivity index is 1.72. The fraction of sp³-hybridized carbons (Fsp3) is 0.474. The van der Waals surface area contributed by atoms with Crippen LogP contribution in [0.2, 0.25) is 0 Å². The predicted molar refractivity (Wildman–Crippen MR) is 92.8 cm³/mol. The topological polar surface area (TPSA) is 58.2 Å². The number of hydrogen-bond donors (Lipinski definition) is 1. The van der Waals surface area contributed by atoms with Gasteiger partial charge in [0.05, 0.1) is 24.9 Å².